The maximum Gasteiger partial charge on any atom is 0.338 e. The molecule has 214 valence electrons. The lowest BCUT2D eigenvalue weighted by Crippen LogP contribution is -2.20. The van der Waals surface area contributed by atoms with E-state index in [0.717, 1.165) is 5.56 Å². The van der Waals surface area contributed by atoms with Crippen LogP contribution in [0.5, 0.6) is 11.5 Å². The highest BCUT2D eigenvalue weighted by atomic mass is 16.5. The van der Waals surface area contributed by atoms with Gasteiger partial charge in [-0.05, 0) is 74.0 Å². The summed E-state index contributed by atoms with van der Waals surface area (Å²) in [6.45, 7) is 3.68. The van der Waals surface area contributed by atoms with Gasteiger partial charge < -0.3 is 24.8 Å². The van der Waals surface area contributed by atoms with Crippen LogP contribution in [0.4, 0.5) is 11.4 Å². The van der Waals surface area contributed by atoms with E-state index in [9.17, 15) is 19.2 Å². The van der Waals surface area contributed by atoms with Crippen LogP contribution in [0.3, 0.4) is 0 Å². The highest BCUT2D eigenvalue weighted by Crippen LogP contribution is 2.27. The number of aryl methyl sites for hydroxylation is 1. The second-order valence-electron chi connectivity index (χ2n) is 8.75. The summed E-state index contributed by atoms with van der Waals surface area (Å²) in [5.74, 6) is -0.824. The van der Waals surface area contributed by atoms with E-state index in [2.05, 4.69) is 21.2 Å². The van der Waals surface area contributed by atoms with E-state index in [0.29, 0.717) is 34.0 Å². The summed E-state index contributed by atoms with van der Waals surface area (Å²) in [4.78, 5) is 48.2. The first-order valence-electron chi connectivity index (χ1n) is 12.8. The van der Waals surface area contributed by atoms with E-state index >= 15 is 0 Å². The SMILES string of the molecule is CCOC(=O)c1ccc(NC(=O)COc2ccc(C=NNC(=O)CCC(=O)Nc3ccc(C)cc3)cc2OC)cc1. The van der Waals surface area contributed by atoms with Gasteiger partial charge in [0.2, 0.25) is 11.8 Å². The molecule has 0 aromatic heterocycles. The number of amides is 3. The van der Waals surface area contributed by atoms with Crippen LogP contribution < -0.4 is 25.5 Å². The largest absolute Gasteiger partial charge is 0.493 e. The maximum atomic E-state index is 12.3. The first-order valence-corrected chi connectivity index (χ1v) is 12.8. The van der Waals surface area contributed by atoms with Gasteiger partial charge in [0.1, 0.15) is 0 Å². The number of hydrogen-bond acceptors (Lipinski definition) is 8. The van der Waals surface area contributed by atoms with Crippen molar-refractivity contribution in [2.45, 2.75) is 26.7 Å². The van der Waals surface area contributed by atoms with Crippen LogP contribution in [0.15, 0.2) is 71.8 Å². The average Bonchev–Trinajstić information content (AvgIpc) is 2.97. The Morgan fingerprint density at radius 1 is 0.805 bits per heavy atom. The monoisotopic (exact) mass is 560 g/mol. The van der Waals surface area contributed by atoms with Crippen molar-refractivity contribution in [3.63, 3.8) is 0 Å². The summed E-state index contributed by atoms with van der Waals surface area (Å²) in [5, 5.41) is 9.35. The second-order valence-corrected chi connectivity index (χ2v) is 8.75. The van der Waals surface area contributed by atoms with Crippen molar-refractivity contribution in [1.29, 1.82) is 0 Å². The van der Waals surface area contributed by atoms with Gasteiger partial charge in [0.15, 0.2) is 18.1 Å². The van der Waals surface area contributed by atoms with E-state index in [4.69, 9.17) is 14.2 Å². The Kier molecular flexibility index (Phi) is 11.4. The molecule has 0 unspecified atom stereocenters. The maximum absolute atomic E-state index is 12.3. The third-order valence-corrected chi connectivity index (χ3v) is 5.54. The molecule has 3 aromatic rings. The Morgan fingerprint density at radius 2 is 1.44 bits per heavy atom. The van der Waals surface area contributed by atoms with Crippen LogP contribution in [0, 0.1) is 6.92 Å². The van der Waals surface area contributed by atoms with Crippen LogP contribution >= 0.6 is 0 Å². The van der Waals surface area contributed by atoms with Gasteiger partial charge in [0.25, 0.3) is 5.91 Å². The molecule has 0 atom stereocenters. The van der Waals surface area contributed by atoms with E-state index in [1.807, 2.05) is 19.1 Å². The number of hydrazone groups is 1. The number of methoxy groups -OCH3 is 1. The molecular weight excluding hydrogens is 528 g/mol. The van der Waals surface area contributed by atoms with Crippen LogP contribution in [0.2, 0.25) is 0 Å². The van der Waals surface area contributed by atoms with Gasteiger partial charge in [-0.25, -0.2) is 10.2 Å². The van der Waals surface area contributed by atoms with Gasteiger partial charge in [-0.1, -0.05) is 17.7 Å². The molecule has 3 amide bonds. The highest BCUT2D eigenvalue weighted by Gasteiger charge is 2.11. The molecule has 3 rings (SSSR count). The van der Waals surface area contributed by atoms with Crippen molar-refractivity contribution in [2.75, 3.05) is 31.0 Å². The smallest absolute Gasteiger partial charge is 0.338 e. The van der Waals surface area contributed by atoms with E-state index in [1.54, 1.807) is 61.5 Å². The van der Waals surface area contributed by atoms with Crippen LogP contribution in [-0.2, 0) is 19.1 Å². The Bertz CT molecular complexity index is 1390. The Hall–Kier alpha value is -5.19. The molecule has 3 N–H and O–H groups in total. The van der Waals surface area contributed by atoms with Crippen molar-refractivity contribution in [3.05, 3.63) is 83.4 Å². The van der Waals surface area contributed by atoms with Gasteiger partial charge in [-0.15, -0.1) is 0 Å². The quantitative estimate of drug-likeness (QED) is 0.162. The molecule has 0 aliphatic carbocycles. The fourth-order valence-corrected chi connectivity index (χ4v) is 3.45. The molecule has 3 aromatic carbocycles. The summed E-state index contributed by atoms with van der Waals surface area (Å²) in [6.07, 6.45) is 1.41. The molecule has 11 heteroatoms. The molecule has 0 aliphatic rings. The number of carbonyl (C=O) groups is 4. The average molecular weight is 561 g/mol. The lowest BCUT2D eigenvalue weighted by molar-refractivity contribution is -0.124. The number of rotatable bonds is 13. The number of ether oxygens (including phenoxy) is 3. The Balaban J connectivity index is 1.43. The summed E-state index contributed by atoms with van der Waals surface area (Å²) in [6, 6.07) is 18.6. The molecule has 0 spiro atoms. The molecule has 0 fully saturated rings. The Morgan fingerprint density at radius 3 is 2.10 bits per heavy atom. The van der Waals surface area contributed by atoms with Crippen molar-refractivity contribution in [3.8, 4) is 11.5 Å². The number of esters is 1. The zero-order valence-corrected chi connectivity index (χ0v) is 23.1. The second kappa shape index (κ2) is 15.4. The minimum atomic E-state index is -0.435. The number of nitrogens with zero attached hydrogens (tertiary/aromatic N) is 1. The first-order chi connectivity index (χ1) is 19.8. The predicted molar refractivity (Wildman–Crippen MR) is 154 cm³/mol. The van der Waals surface area contributed by atoms with E-state index < -0.39 is 17.8 Å². The number of carbonyl (C=O) groups excluding carboxylic acids is 4. The normalized spacial score (nSPS) is 10.5. The molecule has 11 nitrogen and oxygen atoms in total. The third-order valence-electron chi connectivity index (χ3n) is 5.54. The van der Waals surface area contributed by atoms with Crippen molar-refractivity contribution >= 4 is 41.3 Å². The van der Waals surface area contributed by atoms with Gasteiger partial charge in [-0.2, -0.15) is 5.10 Å². The zero-order valence-electron chi connectivity index (χ0n) is 23.1. The number of nitrogens with one attached hydrogen (secondary N) is 3. The molecule has 0 heterocycles. The molecule has 0 saturated heterocycles. The van der Waals surface area contributed by atoms with Crippen LogP contribution in [0.1, 0.15) is 41.3 Å². The number of benzene rings is 3. The fourth-order valence-electron chi connectivity index (χ4n) is 3.45. The zero-order chi connectivity index (χ0) is 29.6. The molecule has 0 bridgehead atoms. The number of hydrogen-bond donors (Lipinski definition) is 3. The Labute approximate surface area is 237 Å². The van der Waals surface area contributed by atoms with Gasteiger partial charge in [-0.3, -0.25) is 14.4 Å². The number of anilines is 2. The van der Waals surface area contributed by atoms with Crippen molar-refractivity contribution in [2.24, 2.45) is 5.10 Å². The van der Waals surface area contributed by atoms with Crippen LogP contribution in [-0.4, -0.2) is 50.2 Å². The van der Waals surface area contributed by atoms with E-state index in [1.165, 1.54) is 13.3 Å². The topological polar surface area (TPSA) is 144 Å². The highest BCUT2D eigenvalue weighted by molar-refractivity contribution is 5.94. The molecule has 0 saturated carbocycles. The third kappa shape index (κ3) is 10.1. The van der Waals surface area contributed by atoms with Crippen molar-refractivity contribution in [1.82, 2.24) is 5.43 Å². The van der Waals surface area contributed by atoms with Crippen molar-refractivity contribution < 1.29 is 33.4 Å². The lowest BCUT2D eigenvalue weighted by Gasteiger charge is -2.11. The summed E-state index contributed by atoms with van der Waals surface area (Å²) in [7, 11) is 1.46. The minimum absolute atomic E-state index is 0.0154. The molecular formula is C30H32N4O7. The van der Waals surface area contributed by atoms with Crippen LogP contribution in [0.25, 0.3) is 0 Å². The lowest BCUT2D eigenvalue weighted by atomic mass is 10.2. The summed E-state index contributed by atoms with van der Waals surface area (Å²) in [5.41, 5.74) is 5.63. The van der Waals surface area contributed by atoms with Gasteiger partial charge in [0.05, 0.1) is 25.5 Å². The molecule has 0 aliphatic heterocycles. The van der Waals surface area contributed by atoms with Gasteiger partial charge in [0, 0.05) is 24.2 Å². The van der Waals surface area contributed by atoms with Gasteiger partial charge >= 0.3 is 5.97 Å². The fraction of sp³-hybridized carbons (Fsp3) is 0.233. The minimum Gasteiger partial charge on any atom is -0.493 e. The molecule has 41 heavy (non-hydrogen) atoms. The van der Waals surface area contributed by atoms with E-state index in [-0.39, 0.29) is 32.0 Å². The first kappa shape index (κ1) is 30.4. The standard InChI is InChI=1S/C30H32N4O7/c1-4-40-30(38)22-8-12-24(13-9-22)33-29(37)19-41-25-14-7-21(17-26(25)39-3)18-31-34-28(36)16-15-27(35)32-23-10-5-20(2)6-11-23/h5-14,17-18H,4,15-16,19H2,1-3H3,(H,32,35)(H,33,37)(H,34,36). The summed E-state index contributed by atoms with van der Waals surface area (Å²) >= 11 is 0. The molecule has 0 radical (unpaired) electrons. The summed E-state index contributed by atoms with van der Waals surface area (Å²) < 4.78 is 15.9. The predicted octanol–water partition coefficient (Wildman–Crippen LogP) is 4.07.